The number of pyridine rings is 1. The zero-order chi connectivity index (χ0) is 13.1. The molecule has 4 heteroatoms. The Kier molecular flexibility index (Phi) is 7.44. The summed E-state index contributed by atoms with van der Waals surface area (Å²) in [6.45, 7) is 2.20. The van der Waals surface area contributed by atoms with E-state index in [1.807, 2.05) is 0 Å². The van der Waals surface area contributed by atoms with Gasteiger partial charge in [0, 0.05) is 24.2 Å². The van der Waals surface area contributed by atoms with Crippen molar-refractivity contribution in [3.05, 3.63) is 30.1 Å². The highest BCUT2D eigenvalue weighted by Crippen LogP contribution is 2.03. The molecule has 0 saturated heterocycles. The summed E-state index contributed by atoms with van der Waals surface area (Å²) in [5.41, 5.74) is 3.08. The predicted octanol–water partition coefficient (Wildman–Crippen LogP) is 3.16. The number of nitrogens with one attached hydrogen (secondary N) is 1. The summed E-state index contributed by atoms with van der Waals surface area (Å²) in [4.78, 5) is 15.4. The van der Waals surface area contributed by atoms with Crippen molar-refractivity contribution in [2.24, 2.45) is 5.10 Å². The second-order valence-corrected chi connectivity index (χ2v) is 4.19. The number of hydrogen-bond acceptors (Lipinski definition) is 3. The highest BCUT2D eigenvalue weighted by molar-refractivity contribution is 5.94. The molecule has 1 rings (SSSR count). The number of amides is 1. The molecule has 1 N–H and O–H groups in total. The Bertz CT molecular complexity index is 363. The molecule has 0 bridgehead atoms. The number of rotatable bonds is 8. The van der Waals surface area contributed by atoms with Crippen LogP contribution >= 0.6 is 0 Å². The third-order valence-electron chi connectivity index (χ3n) is 2.64. The molecule has 0 saturated carbocycles. The Morgan fingerprint density at radius 1 is 1.28 bits per heavy atom. The van der Waals surface area contributed by atoms with E-state index in [2.05, 4.69) is 22.4 Å². The zero-order valence-corrected chi connectivity index (χ0v) is 10.9. The maximum absolute atomic E-state index is 11.6. The monoisotopic (exact) mass is 247 g/mol. The van der Waals surface area contributed by atoms with Crippen LogP contribution < -0.4 is 5.43 Å². The van der Waals surface area contributed by atoms with Gasteiger partial charge in [-0.2, -0.15) is 5.10 Å². The van der Waals surface area contributed by atoms with Crippen molar-refractivity contribution in [3.63, 3.8) is 0 Å². The molecule has 4 nitrogen and oxygen atoms in total. The van der Waals surface area contributed by atoms with Gasteiger partial charge in [0.1, 0.15) is 0 Å². The molecule has 0 fully saturated rings. The van der Waals surface area contributed by atoms with Gasteiger partial charge in [-0.15, -0.1) is 0 Å². The van der Waals surface area contributed by atoms with Crippen LogP contribution in [0.2, 0.25) is 0 Å². The SMILES string of the molecule is CCCCCCC/C=N/NC(=O)c1ccncc1. The van der Waals surface area contributed by atoms with Crippen molar-refractivity contribution in [1.29, 1.82) is 0 Å². The van der Waals surface area contributed by atoms with E-state index in [1.165, 1.54) is 25.7 Å². The first-order chi connectivity index (χ1) is 8.84. The Morgan fingerprint density at radius 2 is 2.00 bits per heavy atom. The van der Waals surface area contributed by atoms with Gasteiger partial charge in [0.25, 0.3) is 5.91 Å². The van der Waals surface area contributed by atoms with E-state index in [4.69, 9.17) is 0 Å². The summed E-state index contributed by atoms with van der Waals surface area (Å²) in [5, 5.41) is 3.92. The van der Waals surface area contributed by atoms with Crippen molar-refractivity contribution in [3.8, 4) is 0 Å². The van der Waals surface area contributed by atoms with Gasteiger partial charge >= 0.3 is 0 Å². The van der Waals surface area contributed by atoms with Crippen LogP contribution in [-0.2, 0) is 0 Å². The Balaban J connectivity index is 2.11. The molecular formula is C14H21N3O. The first kappa shape index (κ1) is 14.4. The van der Waals surface area contributed by atoms with Crippen LogP contribution in [0.3, 0.4) is 0 Å². The molecule has 0 aliphatic rings. The molecule has 1 heterocycles. The minimum Gasteiger partial charge on any atom is -0.267 e. The van der Waals surface area contributed by atoms with Crippen LogP contribution in [0.4, 0.5) is 0 Å². The maximum Gasteiger partial charge on any atom is 0.271 e. The van der Waals surface area contributed by atoms with Crippen molar-refractivity contribution in [2.75, 3.05) is 0 Å². The van der Waals surface area contributed by atoms with E-state index in [0.29, 0.717) is 5.56 Å². The molecule has 1 aromatic rings. The number of nitrogens with zero attached hydrogens (tertiary/aromatic N) is 2. The second kappa shape index (κ2) is 9.33. The maximum atomic E-state index is 11.6. The summed E-state index contributed by atoms with van der Waals surface area (Å²) in [6.07, 6.45) is 12.1. The molecule has 0 unspecified atom stereocenters. The summed E-state index contributed by atoms with van der Waals surface area (Å²) in [7, 11) is 0. The normalized spacial score (nSPS) is 10.7. The van der Waals surface area contributed by atoms with E-state index >= 15 is 0 Å². The summed E-state index contributed by atoms with van der Waals surface area (Å²) in [5.74, 6) is -0.195. The number of hydrogen-bond donors (Lipinski definition) is 1. The van der Waals surface area contributed by atoms with Gasteiger partial charge in [0.2, 0.25) is 0 Å². The van der Waals surface area contributed by atoms with Gasteiger partial charge in [0.15, 0.2) is 0 Å². The summed E-state index contributed by atoms with van der Waals surface area (Å²) >= 11 is 0. The van der Waals surface area contributed by atoms with E-state index in [1.54, 1.807) is 30.7 Å². The minimum atomic E-state index is -0.195. The van der Waals surface area contributed by atoms with Crippen LogP contribution in [0, 0.1) is 0 Å². The third-order valence-corrected chi connectivity index (χ3v) is 2.64. The fraction of sp³-hybridized carbons (Fsp3) is 0.500. The summed E-state index contributed by atoms with van der Waals surface area (Å²) in [6, 6.07) is 3.32. The first-order valence-corrected chi connectivity index (χ1v) is 6.56. The van der Waals surface area contributed by atoms with E-state index < -0.39 is 0 Å². The lowest BCUT2D eigenvalue weighted by atomic mass is 10.1. The molecule has 0 atom stereocenters. The molecule has 0 aliphatic carbocycles. The van der Waals surface area contributed by atoms with Crippen LogP contribution in [0.5, 0.6) is 0 Å². The number of unbranched alkanes of at least 4 members (excludes halogenated alkanes) is 5. The first-order valence-electron chi connectivity index (χ1n) is 6.56. The fourth-order valence-corrected chi connectivity index (χ4v) is 1.58. The lowest BCUT2D eigenvalue weighted by Gasteiger charge is -1.98. The number of hydrazone groups is 1. The lowest BCUT2D eigenvalue weighted by molar-refractivity contribution is 0.0955. The summed E-state index contributed by atoms with van der Waals surface area (Å²) < 4.78 is 0. The predicted molar refractivity (Wildman–Crippen MR) is 73.6 cm³/mol. The standard InChI is InChI=1S/C14H21N3O/c1-2-3-4-5-6-7-10-16-17-14(18)13-8-11-15-12-9-13/h8-12H,2-7H2,1H3,(H,17,18)/b16-10+. The van der Waals surface area contributed by atoms with Gasteiger partial charge in [-0.05, 0) is 25.0 Å². The lowest BCUT2D eigenvalue weighted by Crippen LogP contribution is -2.17. The van der Waals surface area contributed by atoms with Gasteiger partial charge < -0.3 is 0 Å². The van der Waals surface area contributed by atoms with Crippen molar-refractivity contribution in [2.45, 2.75) is 45.4 Å². The van der Waals surface area contributed by atoms with Crippen molar-refractivity contribution in [1.82, 2.24) is 10.4 Å². The van der Waals surface area contributed by atoms with Crippen LogP contribution in [-0.4, -0.2) is 17.1 Å². The van der Waals surface area contributed by atoms with Crippen LogP contribution in [0.25, 0.3) is 0 Å². The van der Waals surface area contributed by atoms with Gasteiger partial charge in [-0.3, -0.25) is 9.78 Å². The zero-order valence-electron chi connectivity index (χ0n) is 10.9. The number of aromatic nitrogens is 1. The Labute approximate surface area is 109 Å². The molecule has 0 spiro atoms. The largest absolute Gasteiger partial charge is 0.271 e. The minimum absolute atomic E-state index is 0.195. The van der Waals surface area contributed by atoms with Crippen LogP contribution in [0.1, 0.15) is 55.8 Å². The highest BCUT2D eigenvalue weighted by Gasteiger charge is 2.01. The molecule has 98 valence electrons. The quantitative estimate of drug-likeness (QED) is 0.436. The smallest absolute Gasteiger partial charge is 0.267 e. The van der Waals surface area contributed by atoms with Crippen molar-refractivity contribution >= 4 is 12.1 Å². The number of carbonyl (C=O) groups is 1. The van der Waals surface area contributed by atoms with E-state index in [-0.39, 0.29) is 5.91 Å². The average Bonchev–Trinajstić information content (AvgIpc) is 2.42. The molecule has 18 heavy (non-hydrogen) atoms. The van der Waals surface area contributed by atoms with E-state index in [0.717, 1.165) is 12.8 Å². The van der Waals surface area contributed by atoms with Gasteiger partial charge in [-0.25, -0.2) is 5.43 Å². The molecular weight excluding hydrogens is 226 g/mol. The van der Waals surface area contributed by atoms with Crippen LogP contribution in [0.15, 0.2) is 29.6 Å². The molecule has 1 aromatic heterocycles. The Hall–Kier alpha value is -1.71. The fourth-order valence-electron chi connectivity index (χ4n) is 1.58. The topological polar surface area (TPSA) is 54.4 Å². The van der Waals surface area contributed by atoms with Crippen molar-refractivity contribution < 1.29 is 4.79 Å². The molecule has 1 amide bonds. The van der Waals surface area contributed by atoms with Gasteiger partial charge in [-0.1, -0.05) is 32.6 Å². The average molecular weight is 247 g/mol. The second-order valence-electron chi connectivity index (χ2n) is 4.19. The molecule has 0 radical (unpaired) electrons. The van der Waals surface area contributed by atoms with Gasteiger partial charge in [0.05, 0.1) is 0 Å². The Morgan fingerprint density at radius 3 is 2.72 bits per heavy atom. The third kappa shape index (κ3) is 6.13. The number of carbonyl (C=O) groups excluding carboxylic acids is 1. The molecule has 0 aromatic carbocycles. The highest BCUT2D eigenvalue weighted by atomic mass is 16.2. The van der Waals surface area contributed by atoms with E-state index in [9.17, 15) is 4.79 Å². The molecule has 0 aliphatic heterocycles.